The molecule has 0 aromatic heterocycles. The Balaban J connectivity index is 1.47. The van der Waals surface area contributed by atoms with Crippen LogP contribution >= 0.6 is 15.9 Å². The van der Waals surface area contributed by atoms with Crippen molar-refractivity contribution in [1.29, 1.82) is 0 Å². The monoisotopic (exact) mass is 354 g/mol. The SMILES string of the molecule is CCCCCC[C@H]1CCC2C(CCC3C[C@@H](Br)CCC32)C1. The Morgan fingerprint density at radius 2 is 1.48 bits per heavy atom. The van der Waals surface area contributed by atoms with Gasteiger partial charge in [0.15, 0.2) is 0 Å². The molecule has 3 fully saturated rings. The Bertz CT molecular complexity index is 313. The minimum atomic E-state index is 0.838. The summed E-state index contributed by atoms with van der Waals surface area (Å²) in [5, 5.41) is 0. The number of unbranched alkanes of at least 4 members (excludes halogenated alkanes) is 3. The third-order valence-electron chi connectivity index (χ3n) is 7.05. The standard InChI is InChI=1S/C20H35Br/c1-2-3-4-5-6-15-7-11-19-16(13-15)8-9-17-14-18(21)10-12-20(17)19/h15-20H,2-14H2,1H3/t15-,16?,17?,18-,19?,20?/m0/s1. The van der Waals surface area contributed by atoms with Gasteiger partial charge in [0.25, 0.3) is 0 Å². The fourth-order valence-electron chi connectivity index (χ4n) is 5.96. The van der Waals surface area contributed by atoms with Gasteiger partial charge in [0.1, 0.15) is 0 Å². The fourth-order valence-corrected chi connectivity index (χ4v) is 6.70. The maximum Gasteiger partial charge on any atom is 0.0148 e. The van der Waals surface area contributed by atoms with Gasteiger partial charge in [0, 0.05) is 4.83 Å². The fraction of sp³-hybridized carbons (Fsp3) is 1.00. The molecule has 0 aromatic carbocycles. The number of fused-ring (bicyclic) bond motifs is 3. The zero-order chi connectivity index (χ0) is 14.7. The van der Waals surface area contributed by atoms with Crippen LogP contribution in [-0.4, -0.2) is 4.83 Å². The van der Waals surface area contributed by atoms with E-state index in [4.69, 9.17) is 0 Å². The molecular weight excluding hydrogens is 320 g/mol. The van der Waals surface area contributed by atoms with Crippen LogP contribution in [-0.2, 0) is 0 Å². The number of rotatable bonds is 5. The van der Waals surface area contributed by atoms with Crippen LogP contribution in [0.15, 0.2) is 0 Å². The van der Waals surface area contributed by atoms with Crippen LogP contribution < -0.4 is 0 Å². The van der Waals surface area contributed by atoms with E-state index in [2.05, 4.69) is 22.9 Å². The molecule has 0 nitrogen and oxygen atoms in total. The summed E-state index contributed by atoms with van der Waals surface area (Å²) in [6.07, 6.45) is 19.7. The second-order valence-electron chi connectivity index (χ2n) is 8.36. The highest BCUT2D eigenvalue weighted by Gasteiger charge is 2.43. The largest absolute Gasteiger partial charge is 0.0891 e. The smallest absolute Gasteiger partial charge is 0.0148 e. The first kappa shape index (κ1) is 16.3. The van der Waals surface area contributed by atoms with E-state index in [1.807, 2.05) is 0 Å². The second-order valence-corrected chi connectivity index (χ2v) is 9.66. The number of hydrogen-bond donors (Lipinski definition) is 0. The average Bonchev–Trinajstić information content (AvgIpc) is 2.51. The van der Waals surface area contributed by atoms with E-state index >= 15 is 0 Å². The lowest BCUT2D eigenvalue weighted by atomic mass is 9.56. The third kappa shape index (κ3) is 4.06. The molecule has 3 aliphatic rings. The van der Waals surface area contributed by atoms with E-state index < -0.39 is 0 Å². The van der Waals surface area contributed by atoms with Crippen molar-refractivity contribution in [1.82, 2.24) is 0 Å². The maximum atomic E-state index is 3.89. The Morgan fingerprint density at radius 1 is 0.762 bits per heavy atom. The molecule has 0 bridgehead atoms. The predicted octanol–water partition coefficient (Wildman–Crippen LogP) is 6.96. The van der Waals surface area contributed by atoms with E-state index in [9.17, 15) is 0 Å². The average molecular weight is 355 g/mol. The highest BCUT2D eigenvalue weighted by Crippen LogP contribution is 2.53. The van der Waals surface area contributed by atoms with Gasteiger partial charge in [0.05, 0.1) is 0 Å². The van der Waals surface area contributed by atoms with Crippen LogP contribution in [0.1, 0.15) is 90.4 Å². The molecule has 21 heavy (non-hydrogen) atoms. The van der Waals surface area contributed by atoms with E-state index in [0.717, 1.165) is 34.4 Å². The summed E-state index contributed by atoms with van der Waals surface area (Å²) in [6.45, 7) is 2.32. The minimum Gasteiger partial charge on any atom is -0.0891 e. The Morgan fingerprint density at radius 3 is 2.24 bits per heavy atom. The van der Waals surface area contributed by atoms with Crippen molar-refractivity contribution < 1.29 is 0 Å². The molecule has 3 rings (SSSR count). The van der Waals surface area contributed by atoms with Crippen molar-refractivity contribution in [2.24, 2.45) is 29.6 Å². The van der Waals surface area contributed by atoms with Crippen molar-refractivity contribution in [3.63, 3.8) is 0 Å². The first-order chi connectivity index (χ1) is 10.3. The molecule has 0 N–H and O–H groups in total. The van der Waals surface area contributed by atoms with Crippen LogP contribution in [0.25, 0.3) is 0 Å². The molecule has 3 saturated carbocycles. The summed E-state index contributed by atoms with van der Waals surface area (Å²) in [6, 6.07) is 0. The number of halogens is 1. The summed E-state index contributed by atoms with van der Waals surface area (Å²) < 4.78 is 0. The topological polar surface area (TPSA) is 0 Å². The van der Waals surface area contributed by atoms with Crippen LogP contribution in [0.2, 0.25) is 0 Å². The number of hydrogen-bond acceptors (Lipinski definition) is 0. The van der Waals surface area contributed by atoms with E-state index in [1.54, 1.807) is 38.5 Å². The molecule has 0 spiro atoms. The molecule has 0 aromatic rings. The Kier molecular flexibility index (Phi) is 6.10. The van der Waals surface area contributed by atoms with Gasteiger partial charge in [0.2, 0.25) is 0 Å². The molecule has 0 saturated heterocycles. The Labute approximate surface area is 141 Å². The molecule has 0 amide bonds. The summed E-state index contributed by atoms with van der Waals surface area (Å²) in [5.41, 5.74) is 0. The lowest BCUT2D eigenvalue weighted by molar-refractivity contribution is 0.0119. The third-order valence-corrected chi connectivity index (χ3v) is 7.88. The Hall–Kier alpha value is 0.480. The zero-order valence-electron chi connectivity index (χ0n) is 14.0. The van der Waals surface area contributed by atoms with Gasteiger partial charge in [-0.15, -0.1) is 0 Å². The molecule has 122 valence electrons. The summed E-state index contributed by atoms with van der Waals surface area (Å²) in [5.74, 6) is 5.51. The van der Waals surface area contributed by atoms with E-state index in [0.29, 0.717) is 0 Å². The second kappa shape index (κ2) is 7.84. The normalized spacial score (nSPS) is 43.1. The molecule has 0 aliphatic heterocycles. The predicted molar refractivity (Wildman–Crippen MR) is 95.9 cm³/mol. The van der Waals surface area contributed by atoms with Gasteiger partial charge in [-0.25, -0.2) is 0 Å². The van der Waals surface area contributed by atoms with Gasteiger partial charge in [-0.3, -0.25) is 0 Å². The van der Waals surface area contributed by atoms with Crippen molar-refractivity contribution >= 4 is 15.9 Å². The molecule has 6 atom stereocenters. The van der Waals surface area contributed by atoms with E-state index in [-0.39, 0.29) is 0 Å². The highest BCUT2D eigenvalue weighted by atomic mass is 79.9. The maximum absolute atomic E-state index is 3.89. The minimum absolute atomic E-state index is 0.838. The van der Waals surface area contributed by atoms with Gasteiger partial charge >= 0.3 is 0 Å². The van der Waals surface area contributed by atoms with Crippen molar-refractivity contribution in [3.8, 4) is 0 Å². The number of alkyl halides is 1. The van der Waals surface area contributed by atoms with Crippen LogP contribution in [0.4, 0.5) is 0 Å². The first-order valence-corrected chi connectivity index (χ1v) is 10.8. The van der Waals surface area contributed by atoms with Gasteiger partial charge in [-0.1, -0.05) is 61.4 Å². The first-order valence-electron chi connectivity index (χ1n) is 9.92. The van der Waals surface area contributed by atoms with Crippen molar-refractivity contribution in [3.05, 3.63) is 0 Å². The molecule has 1 heteroatoms. The molecular formula is C20H35Br. The van der Waals surface area contributed by atoms with Gasteiger partial charge < -0.3 is 0 Å². The van der Waals surface area contributed by atoms with Crippen LogP contribution in [0.3, 0.4) is 0 Å². The summed E-state index contributed by atoms with van der Waals surface area (Å²) >= 11 is 3.89. The summed E-state index contributed by atoms with van der Waals surface area (Å²) in [4.78, 5) is 0.838. The lowest BCUT2D eigenvalue weighted by Gasteiger charge is -2.50. The highest BCUT2D eigenvalue weighted by molar-refractivity contribution is 9.09. The van der Waals surface area contributed by atoms with Crippen molar-refractivity contribution in [2.75, 3.05) is 0 Å². The zero-order valence-corrected chi connectivity index (χ0v) is 15.6. The van der Waals surface area contributed by atoms with Crippen LogP contribution in [0, 0.1) is 29.6 Å². The molecule has 0 radical (unpaired) electrons. The van der Waals surface area contributed by atoms with Gasteiger partial charge in [-0.2, -0.15) is 0 Å². The molecule has 4 unspecified atom stereocenters. The van der Waals surface area contributed by atoms with Crippen molar-refractivity contribution in [2.45, 2.75) is 95.2 Å². The summed E-state index contributed by atoms with van der Waals surface area (Å²) in [7, 11) is 0. The van der Waals surface area contributed by atoms with Gasteiger partial charge in [-0.05, 0) is 74.5 Å². The molecule has 0 heterocycles. The molecule has 3 aliphatic carbocycles. The van der Waals surface area contributed by atoms with Crippen LogP contribution in [0.5, 0.6) is 0 Å². The van der Waals surface area contributed by atoms with E-state index in [1.165, 1.54) is 44.9 Å². The lowest BCUT2D eigenvalue weighted by Crippen LogP contribution is -2.41. The quantitative estimate of drug-likeness (QED) is 0.369.